The van der Waals surface area contributed by atoms with Crippen LogP contribution in [0.3, 0.4) is 0 Å². The number of alkyl halides is 3. The molecule has 0 saturated heterocycles. The lowest BCUT2D eigenvalue weighted by Gasteiger charge is -2.30. The predicted molar refractivity (Wildman–Crippen MR) is 160 cm³/mol. The van der Waals surface area contributed by atoms with Crippen LogP contribution in [0.15, 0.2) is 77.7 Å². The van der Waals surface area contributed by atoms with E-state index >= 15 is 0 Å². The summed E-state index contributed by atoms with van der Waals surface area (Å²) in [6.07, 6.45) is -4.46. The zero-order valence-corrected chi connectivity index (χ0v) is 25.5. The van der Waals surface area contributed by atoms with Gasteiger partial charge in [0.15, 0.2) is 5.69 Å². The number of aromatic nitrogens is 2. The molecule has 2 amide bonds. The second-order valence-corrected chi connectivity index (χ2v) is 13.1. The van der Waals surface area contributed by atoms with Crippen LogP contribution in [0.5, 0.6) is 0 Å². The number of carbonyl (C=O) groups excluding carboxylic acids is 2. The molecule has 14 heteroatoms. The Balaban J connectivity index is 1.45. The highest BCUT2D eigenvalue weighted by Gasteiger charge is 2.34. The van der Waals surface area contributed by atoms with Gasteiger partial charge in [-0.3, -0.25) is 14.3 Å². The third-order valence-corrected chi connectivity index (χ3v) is 8.38. The molecule has 0 aliphatic heterocycles. The topological polar surface area (TPSA) is 146 Å². The van der Waals surface area contributed by atoms with E-state index in [0.29, 0.717) is 22.0 Å². The Labute approximate surface area is 258 Å². The van der Waals surface area contributed by atoms with Crippen molar-refractivity contribution in [1.82, 2.24) is 25.1 Å². The first-order valence-electron chi connectivity index (χ1n) is 13.8. The molecule has 1 heterocycles. The Kier molecular flexibility index (Phi) is 9.65. The lowest BCUT2D eigenvalue weighted by atomic mass is 9.86. The first-order chi connectivity index (χ1) is 21.1. The first-order valence-corrected chi connectivity index (χ1v) is 15.3. The fraction of sp³-hybridized carbons (Fsp3) is 0.290. The molecule has 3 aromatic carbocycles. The number of amides is 2. The fourth-order valence-corrected chi connectivity index (χ4v) is 5.56. The van der Waals surface area contributed by atoms with Crippen molar-refractivity contribution in [3.05, 3.63) is 95.2 Å². The van der Waals surface area contributed by atoms with E-state index in [4.69, 9.17) is 5.26 Å². The average molecular weight is 641 g/mol. The second kappa shape index (κ2) is 13.1. The van der Waals surface area contributed by atoms with Crippen molar-refractivity contribution >= 4 is 32.7 Å². The maximum Gasteiger partial charge on any atom is 0.416 e. The van der Waals surface area contributed by atoms with E-state index in [2.05, 4.69) is 20.5 Å². The first kappa shape index (κ1) is 33.2. The molecule has 0 radical (unpaired) electrons. The number of fused-ring (bicyclic) bond motifs is 1. The number of sulfonamides is 1. The molecule has 1 atom stereocenters. The minimum Gasteiger partial charge on any atom is -0.353 e. The van der Waals surface area contributed by atoms with Gasteiger partial charge in [0.25, 0.3) is 5.91 Å². The summed E-state index contributed by atoms with van der Waals surface area (Å²) in [5, 5.41) is 19.2. The zero-order valence-electron chi connectivity index (χ0n) is 24.6. The SMILES string of the molecule is CC(C)(C)[C@H](NC(=O)c1nn(Cc2ccc(C(F)(F)F)cc2)c2ccccc12)C(=O)NCCNS(=O)(=O)c1ccc(C#N)cc1. The number of nitrogens with zero attached hydrogens (tertiary/aromatic N) is 3. The fourth-order valence-electron chi connectivity index (χ4n) is 4.53. The van der Waals surface area contributed by atoms with Crippen LogP contribution in [0.4, 0.5) is 13.2 Å². The van der Waals surface area contributed by atoms with Gasteiger partial charge >= 0.3 is 6.18 Å². The molecular formula is C31H31F3N6O4S. The summed E-state index contributed by atoms with van der Waals surface area (Å²) in [6.45, 7) is 5.18. The Hall–Kier alpha value is -4.74. The standard InChI is InChI=1S/C31H31F3N6O4S/c1-30(2,3)27(29(42)36-16-17-37-45(43,44)23-14-10-20(18-35)11-15-23)38-28(41)26-24-6-4-5-7-25(24)40(39-26)19-21-8-12-22(13-9-21)31(32,33)34/h4-15,27,37H,16-17,19H2,1-3H3,(H,36,42)(H,38,41)/t27-/m1/s1. The summed E-state index contributed by atoms with van der Waals surface area (Å²) >= 11 is 0. The van der Waals surface area contributed by atoms with Crippen LogP contribution >= 0.6 is 0 Å². The van der Waals surface area contributed by atoms with Gasteiger partial charge in [0, 0.05) is 18.5 Å². The molecule has 0 bridgehead atoms. The number of nitrogens with one attached hydrogen (secondary N) is 3. The molecule has 10 nitrogen and oxygen atoms in total. The van der Waals surface area contributed by atoms with E-state index in [0.717, 1.165) is 12.1 Å². The van der Waals surface area contributed by atoms with Gasteiger partial charge in [-0.2, -0.15) is 23.5 Å². The van der Waals surface area contributed by atoms with E-state index in [1.165, 1.54) is 41.1 Å². The highest BCUT2D eigenvalue weighted by molar-refractivity contribution is 7.89. The van der Waals surface area contributed by atoms with E-state index in [1.54, 1.807) is 45.0 Å². The Morgan fingerprint density at radius 3 is 2.20 bits per heavy atom. The van der Waals surface area contributed by atoms with Crippen molar-refractivity contribution < 1.29 is 31.2 Å². The maximum atomic E-state index is 13.5. The summed E-state index contributed by atoms with van der Waals surface area (Å²) < 4.78 is 67.9. The molecule has 0 saturated carbocycles. The van der Waals surface area contributed by atoms with Gasteiger partial charge in [-0.1, -0.05) is 51.1 Å². The third kappa shape index (κ3) is 8.05. The van der Waals surface area contributed by atoms with Crippen molar-refractivity contribution in [2.45, 2.75) is 44.4 Å². The molecule has 236 valence electrons. The van der Waals surface area contributed by atoms with Gasteiger partial charge in [-0.25, -0.2) is 13.1 Å². The highest BCUT2D eigenvalue weighted by Crippen LogP contribution is 2.29. The lowest BCUT2D eigenvalue weighted by molar-refractivity contribution is -0.137. The number of halogens is 3. The number of hydrogen-bond acceptors (Lipinski definition) is 6. The molecule has 3 N–H and O–H groups in total. The minimum atomic E-state index is -4.46. The van der Waals surface area contributed by atoms with Gasteiger partial charge in [0.1, 0.15) is 6.04 Å². The largest absolute Gasteiger partial charge is 0.416 e. The van der Waals surface area contributed by atoms with Crippen molar-refractivity contribution in [2.75, 3.05) is 13.1 Å². The molecule has 0 unspecified atom stereocenters. The Morgan fingerprint density at radius 1 is 0.956 bits per heavy atom. The van der Waals surface area contributed by atoms with Gasteiger partial charge in [0.2, 0.25) is 15.9 Å². The van der Waals surface area contributed by atoms with Crippen LogP contribution in [0.25, 0.3) is 10.9 Å². The van der Waals surface area contributed by atoms with Crippen LogP contribution < -0.4 is 15.4 Å². The second-order valence-electron chi connectivity index (χ2n) is 11.3. The summed E-state index contributed by atoms with van der Waals surface area (Å²) in [7, 11) is -3.88. The summed E-state index contributed by atoms with van der Waals surface area (Å²) in [4.78, 5) is 26.7. The molecule has 0 fully saturated rings. The van der Waals surface area contributed by atoms with Crippen molar-refractivity contribution in [1.29, 1.82) is 5.26 Å². The van der Waals surface area contributed by atoms with E-state index in [-0.39, 0.29) is 30.2 Å². The minimum absolute atomic E-state index is 0.0300. The number of rotatable bonds is 10. The van der Waals surface area contributed by atoms with Crippen molar-refractivity contribution in [3.63, 3.8) is 0 Å². The number of carbonyl (C=O) groups is 2. The van der Waals surface area contributed by atoms with Crippen LogP contribution in [0, 0.1) is 16.7 Å². The monoisotopic (exact) mass is 640 g/mol. The summed E-state index contributed by atoms with van der Waals surface area (Å²) in [5.41, 5.74) is -0.0452. The molecule has 1 aromatic heterocycles. The van der Waals surface area contributed by atoms with E-state index in [9.17, 15) is 31.2 Å². The molecule has 0 aliphatic rings. The number of hydrogen-bond donors (Lipinski definition) is 3. The van der Waals surface area contributed by atoms with Crippen LogP contribution in [0.2, 0.25) is 0 Å². The molecule has 45 heavy (non-hydrogen) atoms. The lowest BCUT2D eigenvalue weighted by Crippen LogP contribution is -2.54. The van der Waals surface area contributed by atoms with Crippen LogP contribution in [-0.4, -0.2) is 49.1 Å². The van der Waals surface area contributed by atoms with Crippen LogP contribution in [-0.2, 0) is 27.5 Å². The maximum absolute atomic E-state index is 13.5. The molecule has 0 spiro atoms. The van der Waals surface area contributed by atoms with Gasteiger partial charge in [-0.05, 0) is 53.4 Å². The molecule has 0 aliphatic carbocycles. The smallest absolute Gasteiger partial charge is 0.353 e. The average Bonchev–Trinajstić information content (AvgIpc) is 3.35. The van der Waals surface area contributed by atoms with Gasteiger partial charge < -0.3 is 10.6 Å². The Bertz CT molecular complexity index is 1840. The highest BCUT2D eigenvalue weighted by atomic mass is 32.2. The Morgan fingerprint density at radius 2 is 1.60 bits per heavy atom. The van der Waals surface area contributed by atoms with Crippen molar-refractivity contribution in [3.8, 4) is 6.07 Å². The number of nitriles is 1. The molecule has 4 rings (SSSR count). The molecular weight excluding hydrogens is 609 g/mol. The summed E-state index contributed by atoms with van der Waals surface area (Å²) in [6, 6.07) is 17.8. The predicted octanol–water partition coefficient (Wildman–Crippen LogP) is 4.21. The van der Waals surface area contributed by atoms with E-state index in [1.807, 2.05) is 6.07 Å². The normalized spacial score (nSPS) is 12.8. The number of para-hydroxylation sites is 1. The van der Waals surface area contributed by atoms with E-state index < -0.39 is 45.0 Å². The summed E-state index contributed by atoms with van der Waals surface area (Å²) in [5.74, 6) is -1.17. The van der Waals surface area contributed by atoms with Gasteiger partial charge in [0.05, 0.1) is 34.2 Å². The number of benzene rings is 3. The third-order valence-electron chi connectivity index (χ3n) is 6.90. The molecule has 4 aromatic rings. The van der Waals surface area contributed by atoms with Crippen molar-refractivity contribution in [2.24, 2.45) is 5.41 Å². The zero-order chi connectivity index (χ0) is 33.0. The quantitative estimate of drug-likeness (QED) is 0.222. The van der Waals surface area contributed by atoms with Gasteiger partial charge in [-0.15, -0.1) is 0 Å². The van der Waals surface area contributed by atoms with Crippen LogP contribution in [0.1, 0.15) is 48.0 Å².